The van der Waals surface area contributed by atoms with Crippen LogP contribution in [0.2, 0.25) is 0 Å². The van der Waals surface area contributed by atoms with Gasteiger partial charge in [0.25, 0.3) is 0 Å². The van der Waals surface area contributed by atoms with Gasteiger partial charge in [0.05, 0.1) is 27.8 Å². The smallest absolute Gasteiger partial charge is 0.352 e. The molecule has 232 valence electrons. The molecule has 2 heterocycles. The number of rotatable bonds is 9. The number of hydrogen-bond acceptors (Lipinski definition) is 9. The molecule has 3 aromatic carbocycles. The second-order valence-electron chi connectivity index (χ2n) is 10.1. The zero-order valence-electron chi connectivity index (χ0n) is 24.4. The average molecular weight is 634 g/mol. The maximum Gasteiger partial charge on any atom is 0.352 e. The molecule has 0 bridgehead atoms. The van der Waals surface area contributed by atoms with Crippen LogP contribution < -0.4 is 24.2 Å². The van der Waals surface area contributed by atoms with Crippen molar-refractivity contribution in [2.45, 2.75) is 18.7 Å². The van der Waals surface area contributed by atoms with Crippen molar-refractivity contribution in [1.29, 1.82) is 0 Å². The quantitative estimate of drug-likeness (QED) is 0.0817. The van der Waals surface area contributed by atoms with E-state index < -0.39 is 52.7 Å². The van der Waals surface area contributed by atoms with Crippen LogP contribution in [0.5, 0.6) is 17.5 Å². The van der Waals surface area contributed by atoms with E-state index in [-0.39, 0.29) is 16.2 Å². The molecule has 5 aromatic rings. The van der Waals surface area contributed by atoms with Crippen molar-refractivity contribution < 1.29 is 47.2 Å². The van der Waals surface area contributed by atoms with Crippen molar-refractivity contribution in [1.82, 2.24) is 14.8 Å². The van der Waals surface area contributed by atoms with Gasteiger partial charge < -0.3 is 25.1 Å². The van der Waals surface area contributed by atoms with Crippen LogP contribution in [0.25, 0.3) is 21.8 Å². The number of esters is 1. The molecule has 0 atom stereocenters. The normalized spacial score (nSPS) is 11.4. The van der Waals surface area contributed by atoms with E-state index in [0.29, 0.717) is 26.6 Å². The molecule has 13 nitrogen and oxygen atoms in total. The standard InChI is InChI=1S/C31H28N4O9S/c1-18-12-13-24(45(41,42)33-16-25(36)32-17-28(39)44-35-26(37)14-15-27(35)38)19(2)30(18)43-31(40)29-20-8-4-6-10-22(20)34(3)23-11-7-5-9-21(23)29/h4-15,33H,16-17H2,1-3H3,(H2,32,36,40)/p+1. The summed E-state index contributed by atoms with van der Waals surface area (Å²) in [4.78, 5) is 42.5. The van der Waals surface area contributed by atoms with E-state index in [0.717, 1.165) is 23.2 Å². The fourth-order valence-electron chi connectivity index (χ4n) is 4.95. The van der Waals surface area contributed by atoms with E-state index in [1.54, 1.807) is 6.92 Å². The molecule has 0 aliphatic heterocycles. The monoisotopic (exact) mass is 633 g/mol. The number of aromatic nitrogens is 2. The Morgan fingerprint density at radius 1 is 0.844 bits per heavy atom. The number of ether oxygens (including phenoxy) is 1. The highest BCUT2D eigenvalue weighted by Gasteiger charge is 2.27. The lowest BCUT2D eigenvalue weighted by atomic mass is 10.0. The molecule has 0 spiro atoms. The van der Waals surface area contributed by atoms with Crippen molar-refractivity contribution in [3.63, 3.8) is 0 Å². The Bertz CT molecular complexity index is 2030. The molecule has 0 unspecified atom stereocenters. The van der Waals surface area contributed by atoms with Crippen LogP contribution in [0.1, 0.15) is 21.5 Å². The molecule has 0 radical (unpaired) electrons. The Hall–Kier alpha value is -5.47. The van der Waals surface area contributed by atoms with Gasteiger partial charge in [-0.15, -0.1) is 4.73 Å². The van der Waals surface area contributed by atoms with Crippen LogP contribution in [0, 0.1) is 13.8 Å². The van der Waals surface area contributed by atoms with Gasteiger partial charge in [0.15, 0.2) is 0 Å². The fraction of sp³-hybridized carbons (Fsp3) is 0.161. The predicted octanol–water partition coefficient (Wildman–Crippen LogP) is 1.92. The van der Waals surface area contributed by atoms with Crippen LogP contribution in [-0.2, 0) is 26.7 Å². The van der Waals surface area contributed by atoms with E-state index in [4.69, 9.17) is 9.57 Å². The predicted molar refractivity (Wildman–Crippen MR) is 161 cm³/mol. The first-order valence-corrected chi connectivity index (χ1v) is 15.1. The third kappa shape index (κ3) is 6.14. The third-order valence-electron chi connectivity index (χ3n) is 7.15. The SMILES string of the molecule is Cc1ccc(S(=O)(=O)NCC(=O)NCC(=O)On2c(O)ccc2O)c(C)c1OC(=O)c1c2ccccc2[n+](C)c2ccccc12. The van der Waals surface area contributed by atoms with Crippen molar-refractivity contribution in [3.05, 3.63) is 89.5 Å². The van der Waals surface area contributed by atoms with Gasteiger partial charge in [0, 0.05) is 29.8 Å². The van der Waals surface area contributed by atoms with E-state index in [9.17, 15) is 33.0 Å². The molecule has 5 rings (SSSR count). The summed E-state index contributed by atoms with van der Waals surface area (Å²) in [5, 5.41) is 22.6. The largest absolute Gasteiger partial charge is 0.492 e. The number of benzene rings is 3. The van der Waals surface area contributed by atoms with E-state index in [1.807, 2.05) is 60.1 Å². The first-order chi connectivity index (χ1) is 21.4. The first kappa shape index (κ1) is 31.0. The summed E-state index contributed by atoms with van der Waals surface area (Å²) in [6, 6.07) is 19.8. The number of sulfonamides is 1. The van der Waals surface area contributed by atoms with Crippen LogP contribution in [0.4, 0.5) is 0 Å². The summed E-state index contributed by atoms with van der Waals surface area (Å²) in [6.07, 6.45) is 0. The summed E-state index contributed by atoms with van der Waals surface area (Å²) in [5.74, 6) is -3.58. The summed E-state index contributed by atoms with van der Waals surface area (Å²) in [5.41, 5.74) is 2.63. The lowest BCUT2D eigenvalue weighted by molar-refractivity contribution is -0.617. The lowest BCUT2D eigenvalue weighted by Gasteiger charge is -2.16. The summed E-state index contributed by atoms with van der Waals surface area (Å²) in [7, 11) is -2.38. The Kier molecular flexibility index (Phi) is 8.44. The molecule has 0 saturated carbocycles. The zero-order valence-corrected chi connectivity index (χ0v) is 25.2. The lowest BCUT2D eigenvalue weighted by Crippen LogP contribution is -2.40. The molecule has 45 heavy (non-hydrogen) atoms. The van der Waals surface area contributed by atoms with Crippen LogP contribution >= 0.6 is 0 Å². The summed E-state index contributed by atoms with van der Waals surface area (Å²) in [6.45, 7) is 1.77. The average Bonchev–Trinajstić information content (AvgIpc) is 3.33. The number of carbonyl (C=O) groups is 3. The minimum Gasteiger partial charge on any atom is -0.492 e. The van der Waals surface area contributed by atoms with Crippen molar-refractivity contribution in [3.8, 4) is 17.5 Å². The number of para-hydroxylation sites is 2. The molecule has 4 N–H and O–H groups in total. The third-order valence-corrected chi connectivity index (χ3v) is 8.70. The summed E-state index contributed by atoms with van der Waals surface area (Å²) < 4.78 is 36.9. The van der Waals surface area contributed by atoms with Gasteiger partial charge in [-0.05, 0) is 37.6 Å². The maximum atomic E-state index is 13.8. The highest BCUT2D eigenvalue weighted by Crippen LogP contribution is 2.32. The highest BCUT2D eigenvalue weighted by molar-refractivity contribution is 7.89. The number of pyridine rings is 1. The number of amides is 1. The number of nitrogens with one attached hydrogen (secondary N) is 2. The Morgan fingerprint density at radius 3 is 2.02 bits per heavy atom. The molecule has 14 heteroatoms. The topological polar surface area (TPSA) is 177 Å². The molecular weight excluding hydrogens is 604 g/mol. The molecule has 0 fully saturated rings. The Morgan fingerprint density at radius 2 is 1.42 bits per heavy atom. The van der Waals surface area contributed by atoms with Crippen molar-refractivity contribution >= 4 is 49.7 Å². The number of hydrogen-bond donors (Lipinski definition) is 4. The fourth-order valence-corrected chi connectivity index (χ4v) is 6.17. The number of carbonyl (C=O) groups excluding carboxylic acids is 3. The molecule has 1 amide bonds. The van der Waals surface area contributed by atoms with Gasteiger partial charge >= 0.3 is 11.9 Å². The van der Waals surface area contributed by atoms with Gasteiger partial charge in [-0.25, -0.2) is 22.7 Å². The second kappa shape index (κ2) is 12.3. The van der Waals surface area contributed by atoms with Crippen LogP contribution in [-0.4, -0.2) is 54.3 Å². The molecular formula is C31H29N4O9S+. The molecule has 0 aliphatic rings. The van der Waals surface area contributed by atoms with Gasteiger partial charge in [-0.3, -0.25) is 4.79 Å². The van der Waals surface area contributed by atoms with E-state index >= 15 is 0 Å². The van der Waals surface area contributed by atoms with Crippen LogP contribution in [0.3, 0.4) is 0 Å². The zero-order chi connectivity index (χ0) is 32.5. The molecule has 0 aliphatic carbocycles. The Balaban J connectivity index is 1.33. The van der Waals surface area contributed by atoms with Gasteiger partial charge in [0.2, 0.25) is 38.7 Å². The second-order valence-corrected chi connectivity index (χ2v) is 11.8. The van der Waals surface area contributed by atoms with E-state index in [2.05, 4.69) is 10.0 Å². The number of fused-ring (bicyclic) bond motifs is 2. The van der Waals surface area contributed by atoms with Crippen molar-refractivity contribution in [2.24, 2.45) is 7.05 Å². The molecule has 0 saturated heterocycles. The highest BCUT2D eigenvalue weighted by atomic mass is 32.2. The van der Waals surface area contributed by atoms with Gasteiger partial charge in [-0.1, -0.05) is 30.3 Å². The minimum absolute atomic E-state index is 0.0629. The minimum atomic E-state index is -4.28. The number of nitrogens with zero attached hydrogens (tertiary/aromatic N) is 2. The van der Waals surface area contributed by atoms with Gasteiger partial charge in [0.1, 0.15) is 19.3 Å². The first-order valence-electron chi connectivity index (χ1n) is 13.6. The van der Waals surface area contributed by atoms with Crippen LogP contribution in [0.15, 0.2) is 77.7 Å². The van der Waals surface area contributed by atoms with E-state index in [1.165, 1.54) is 19.1 Å². The number of aromatic hydroxyl groups is 2. The van der Waals surface area contributed by atoms with Crippen molar-refractivity contribution in [2.75, 3.05) is 13.1 Å². The van der Waals surface area contributed by atoms with Gasteiger partial charge in [-0.2, -0.15) is 4.57 Å². The Labute approximate surface area is 257 Å². The summed E-state index contributed by atoms with van der Waals surface area (Å²) >= 11 is 0. The number of aryl methyl sites for hydroxylation is 2. The maximum absolute atomic E-state index is 13.8. The molecule has 2 aromatic heterocycles.